The number of alkyl halides is 3. The summed E-state index contributed by atoms with van der Waals surface area (Å²) in [6.45, 7) is 11.2. The maximum atomic E-state index is 13.4. The Labute approximate surface area is 201 Å². The number of amides is 2. The van der Waals surface area contributed by atoms with Gasteiger partial charge in [-0.1, -0.05) is 32.6 Å². The lowest BCUT2D eigenvalue weighted by Crippen LogP contribution is -2.23. The van der Waals surface area contributed by atoms with Gasteiger partial charge in [0.2, 0.25) is 5.56 Å². The van der Waals surface area contributed by atoms with E-state index >= 15 is 0 Å². The van der Waals surface area contributed by atoms with E-state index in [1.807, 2.05) is 13.8 Å². The predicted molar refractivity (Wildman–Crippen MR) is 130 cm³/mol. The average molecular weight is 492 g/mol. The number of carbonyl (C=O) groups excluding carboxylic acids is 2. The van der Waals surface area contributed by atoms with Gasteiger partial charge in [0.1, 0.15) is 0 Å². The van der Waals surface area contributed by atoms with E-state index in [9.17, 15) is 27.6 Å². The summed E-state index contributed by atoms with van der Waals surface area (Å²) in [5.74, 6) is -1.60. The molecule has 2 rings (SSSR count). The van der Waals surface area contributed by atoms with Crippen LogP contribution in [0.2, 0.25) is 0 Å². The van der Waals surface area contributed by atoms with Crippen molar-refractivity contribution in [1.29, 1.82) is 0 Å². The molecule has 2 aromatic heterocycles. The number of carbonyl (C=O) groups is 2. The van der Waals surface area contributed by atoms with Crippen LogP contribution in [0.4, 0.5) is 24.7 Å². The molecule has 8 nitrogen and oxygen atoms in total. The molecule has 0 bridgehead atoms. The van der Waals surface area contributed by atoms with Gasteiger partial charge in [0.15, 0.2) is 5.82 Å². The first kappa shape index (κ1) is 28.9. The number of nitrogens with one attached hydrogen (secondary N) is 4. The largest absolute Gasteiger partial charge is 0.417 e. The van der Waals surface area contributed by atoms with Gasteiger partial charge in [-0.25, -0.2) is 4.98 Å². The van der Waals surface area contributed by atoms with Crippen molar-refractivity contribution in [3.63, 3.8) is 0 Å². The third-order valence-electron chi connectivity index (χ3n) is 4.42. The molecule has 0 unspecified atom stereocenters. The van der Waals surface area contributed by atoms with Crippen LogP contribution in [0.5, 0.6) is 0 Å². The highest BCUT2D eigenvalue weighted by Gasteiger charge is 2.36. The Hall–Kier alpha value is -4.15. The molecule has 0 fully saturated rings. The number of halogens is 3. The van der Waals surface area contributed by atoms with Crippen molar-refractivity contribution in [2.45, 2.75) is 33.9 Å². The summed E-state index contributed by atoms with van der Waals surface area (Å²) >= 11 is 0. The van der Waals surface area contributed by atoms with Crippen LogP contribution in [-0.2, 0) is 6.18 Å². The molecule has 11 heteroatoms. The lowest BCUT2D eigenvalue weighted by atomic mass is 10.1. The topological polar surface area (TPSA) is 116 Å². The Morgan fingerprint density at radius 3 is 2.34 bits per heavy atom. The third kappa shape index (κ3) is 7.70. The second-order valence-electron chi connectivity index (χ2n) is 6.70. The third-order valence-corrected chi connectivity index (χ3v) is 4.42. The maximum Gasteiger partial charge on any atom is 0.417 e. The number of hydrogen-bond acceptors (Lipinski definition) is 5. The summed E-state index contributed by atoms with van der Waals surface area (Å²) < 4.78 is 40.1. The molecule has 35 heavy (non-hydrogen) atoms. The summed E-state index contributed by atoms with van der Waals surface area (Å²) in [6.07, 6.45) is 2.01. The predicted octanol–water partition coefficient (Wildman–Crippen LogP) is 4.87. The van der Waals surface area contributed by atoms with Crippen LogP contribution in [0, 0.1) is 0 Å². The molecule has 0 spiro atoms. The number of hydrogen-bond donors (Lipinski definition) is 4. The molecule has 4 N–H and O–H groups in total. The van der Waals surface area contributed by atoms with E-state index < -0.39 is 34.7 Å². The Kier molecular flexibility index (Phi) is 10.7. The zero-order valence-corrected chi connectivity index (χ0v) is 20.1. The summed E-state index contributed by atoms with van der Waals surface area (Å²) in [5.41, 5.74) is -1.92. The van der Waals surface area contributed by atoms with Crippen LogP contribution < -0.4 is 21.5 Å². The molecule has 0 aliphatic carbocycles. The van der Waals surface area contributed by atoms with Gasteiger partial charge in [-0.05, 0) is 31.6 Å². The molecule has 0 saturated heterocycles. The molecule has 0 aliphatic heterocycles. The summed E-state index contributed by atoms with van der Waals surface area (Å²) in [5, 5.41) is 7.72. The Morgan fingerprint density at radius 1 is 1.14 bits per heavy atom. The fourth-order valence-electron chi connectivity index (χ4n) is 2.69. The molecule has 188 valence electrons. The second-order valence-corrected chi connectivity index (χ2v) is 6.70. The fourth-order valence-corrected chi connectivity index (χ4v) is 2.69. The molecule has 0 atom stereocenters. The zero-order chi connectivity index (χ0) is 26.8. The van der Waals surface area contributed by atoms with Crippen molar-refractivity contribution in [2.24, 2.45) is 0 Å². The minimum Gasteiger partial charge on any atom is -0.355 e. The number of nitrogens with zero attached hydrogens (tertiary/aromatic N) is 1. The number of allylic oxidation sites excluding steroid dienone is 4. The number of anilines is 2. The molecule has 0 saturated carbocycles. The van der Waals surface area contributed by atoms with Crippen LogP contribution in [0.3, 0.4) is 0 Å². The number of aromatic nitrogens is 2. The molecule has 2 amide bonds. The van der Waals surface area contributed by atoms with E-state index in [-0.39, 0.29) is 17.1 Å². The first-order valence-electron chi connectivity index (χ1n) is 10.6. The Bertz CT molecular complexity index is 1200. The Morgan fingerprint density at radius 2 is 1.80 bits per heavy atom. The molecule has 0 radical (unpaired) electrons. The van der Waals surface area contributed by atoms with E-state index in [0.29, 0.717) is 18.0 Å². The normalized spacial score (nSPS) is 11.7. The van der Waals surface area contributed by atoms with E-state index in [1.54, 1.807) is 32.1 Å². The SMILES string of the molecule is C=C/C(C)=C(\C=C/C)Nc1ncc(C(=O)NC)cc1NC(=O)c1c[nH]c(=O)cc1C(F)(F)F.CC. The van der Waals surface area contributed by atoms with Gasteiger partial charge < -0.3 is 20.9 Å². The molecule has 2 heterocycles. The quantitative estimate of drug-likeness (QED) is 0.412. The summed E-state index contributed by atoms with van der Waals surface area (Å²) in [6, 6.07) is 1.56. The van der Waals surface area contributed by atoms with Crippen molar-refractivity contribution in [3.8, 4) is 0 Å². The van der Waals surface area contributed by atoms with Crippen molar-refractivity contribution in [3.05, 3.63) is 87.6 Å². The van der Waals surface area contributed by atoms with E-state index in [4.69, 9.17) is 0 Å². The molecular weight excluding hydrogens is 463 g/mol. The highest BCUT2D eigenvalue weighted by molar-refractivity contribution is 6.07. The molecule has 0 aliphatic rings. The number of rotatable bonds is 7. The fraction of sp³-hybridized carbons (Fsp3) is 0.250. The highest BCUT2D eigenvalue weighted by Crippen LogP contribution is 2.32. The van der Waals surface area contributed by atoms with Crippen molar-refractivity contribution in [1.82, 2.24) is 15.3 Å². The smallest absolute Gasteiger partial charge is 0.355 e. The van der Waals surface area contributed by atoms with Crippen molar-refractivity contribution in [2.75, 3.05) is 17.7 Å². The first-order valence-corrected chi connectivity index (χ1v) is 10.6. The standard InChI is InChI=1S/C22H22F3N5O3.C2H6/c1-5-7-16(12(3)6-2)29-19-17(8-13(10-28-19)20(32)26-4)30-21(33)14-11-27-18(31)9-15(14)22(23,24)25;1-2/h5-11H,2H2,1,3-4H3,(H,26,32)(H,27,31)(H,28,29)(H,30,33);1-2H3/b7-5-,16-12+;. The van der Waals surface area contributed by atoms with Crippen LogP contribution in [-0.4, -0.2) is 28.8 Å². The second kappa shape index (κ2) is 12.9. The number of H-pyrrole nitrogens is 1. The monoisotopic (exact) mass is 491 g/mol. The van der Waals surface area contributed by atoms with Crippen LogP contribution >= 0.6 is 0 Å². The summed E-state index contributed by atoms with van der Waals surface area (Å²) in [7, 11) is 1.39. The maximum absolute atomic E-state index is 13.4. The van der Waals surface area contributed by atoms with Gasteiger partial charge in [-0.3, -0.25) is 14.4 Å². The Balaban J connectivity index is 0.00000298. The van der Waals surface area contributed by atoms with Crippen LogP contribution in [0.15, 0.2) is 65.4 Å². The van der Waals surface area contributed by atoms with Gasteiger partial charge in [0.25, 0.3) is 11.8 Å². The van der Waals surface area contributed by atoms with Crippen LogP contribution in [0.25, 0.3) is 0 Å². The average Bonchev–Trinajstić information content (AvgIpc) is 2.84. The lowest BCUT2D eigenvalue weighted by Gasteiger charge is -2.16. The lowest BCUT2D eigenvalue weighted by molar-refractivity contribution is -0.138. The first-order chi connectivity index (χ1) is 16.5. The number of aromatic amines is 1. The summed E-state index contributed by atoms with van der Waals surface area (Å²) in [4.78, 5) is 42.4. The highest BCUT2D eigenvalue weighted by atomic mass is 19.4. The van der Waals surface area contributed by atoms with E-state index in [0.717, 1.165) is 5.57 Å². The van der Waals surface area contributed by atoms with Gasteiger partial charge in [-0.2, -0.15) is 13.2 Å². The minimum atomic E-state index is -4.94. The van der Waals surface area contributed by atoms with E-state index in [2.05, 4.69) is 32.5 Å². The molecular formula is C24H28F3N5O3. The van der Waals surface area contributed by atoms with Crippen molar-refractivity contribution < 1.29 is 22.8 Å². The molecule has 2 aromatic rings. The zero-order valence-electron chi connectivity index (χ0n) is 20.1. The number of pyridine rings is 2. The van der Waals surface area contributed by atoms with E-state index in [1.165, 1.54) is 19.3 Å². The van der Waals surface area contributed by atoms with Crippen molar-refractivity contribution >= 4 is 23.3 Å². The van der Waals surface area contributed by atoms with Gasteiger partial charge in [0.05, 0.1) is 22.4 Å². The molecule has 0 aromatic carbocycles. The van der Waals surface area contributed by atoms with Gasteiger partial charge >= 0.3 is 6.18 Å². The minimum absolute atomic E-state index is 0.0562. The van der Waals surface area contributed by atoms with Crippen LogP contribution in [0.1, 0.15) is 54.0 Å². The van der Waals surface area contributed by atoms with Gasteiger partial charge in [0, 0.05) is 31.2 Å². The van der Waals surface area contributed by atoms with Gasteiger partial charge in [-0.15, -0.1) is 0 Å².